The van der Waals surface area contributed by atoms with Gasteiger partial charge in [-0.25, -0.2) is 0 Å². The van der Waals surface area contributed by atoms with E-state index >= 15 is 0 Å². The van der Waals surface area contributed by atoms with Gasteiger partial charge in [0.1, 0.15) is 5.75 Å². The van der Waals surface area contributed by atoms with Crippen LogP contribution in [0.2, 0.25) is 0 Å². The summed E-state index contributed by atoms with van der Waals surface area (Å²) < 4.78 is 5.43. The maximum absolute atomic E-state index is 6.49. The van der Waals surface area contributed by atoms with Crippen LogP contribution in [-0.2, 0) is 10.6 Å². The Kier molecular flexibility index (Phi) is 4.95. The molecule has 0 bridgehead atoms. The Hall–Kier alpha value is -4.25. The molecule has 4 aromatic carbocycles. The molecule has 2 atom stereocenters. The summed E-state index contributed by atoms with van der Waals surface area (Å²) in [5.41, 5.74) is 4.45. The van der Waals surface area contributed by atoms with E-state index in [1.165, 1.54) is 5.56 Å². The van der Waals surface area contributed by atoms with Gasteiger partial charge in [0.15, 0.2) is 5.84 Å². The number of benzene rings is 4. The lowest BCUT2D eigenvalue weighted by atomic mass is 9.90. The number of oxime groups is 1. The van der Waals surface area contributed by atoms with Crippen LogP contribution >= 0.6 is 0 Å². The van der Waals surface area contributed by atoms with E-state index in [-0.39, 0.29) is 6.04 Å². The van der Waals surface area contributed by atoms with E-state index in [0.29, 0.717) is 6.42 Å². The number of nitrogens with zero attached hydrogens (tertiary/aromatic N) is 2. The second-order valence-electron chi connectivity index (χ2n) is 8.55. The van der Waals surface area contributed by atoms with E-state index < -0.39 is 5.72 Å². The van der Waals surface area contributed by atoms with Crippen molar-refractivity contribution in [2.24, 2.45) is 5.16 Å². The Bertz CT molecular complexity index is 1320. The van der Waals surface area contributed by atoms with Crippen LogP contribution in [0.3, 0.4) is 0 Å². The fourth-order valence-electron chi connectivity index (χ4n) is 4.92. The highest BCUT2D eigenvalue weighted by molar-refractivity contribution is 6.13. The van der Waals surface area contributed by atoms with Crippen molar-refractivity contribution >= 4 is 17.2 Å². The molecule has 0 aromatic heterocycles. The Morgan fingerprint density at radius 1 is 0.853 bits per heavy atom. The Morgan fingerprint density at radius 3 is 2.26 bits per heavy atom. The molecule has 6 rings (SSSR count). The minimum atomic E-state index is -0.836. The molecule has 5 heteroatoms. The van der Waals surface area contributed by atoms with Crippen molar-refractivity contribution in [3.63, 3.8) is 0 Å². The summed E-state index contributed by atoms with van der Waals surface area (Å²) in [5, 5.41) is 8.49. The van der Waals surface area contributed by atoms with Gasteiger partial charge in [0.05, 0.1) is 24.5 Å². The molecule has 2 unspecified atom stereocenters. The first-order valence-corrected chi connectivity index (χ1v) is 11.5. The van der Waals surface area contributed by atoms with E-state index in [4.69, 9.17) is 14.7 Å². The van der Waals surface area contributed by atoms with Crippen LogP contribution in [0.4, 0.5) is 11.4 Å². The van der Waals surface area contributed by atoms with Gasteiger partial charge in [-0.2, -0.15) is 0 Å². The van der Waals surface area contributed by atoms with E-state index in [1.807, 2.05) is 36.4 Å². The summed E-state index contributed by atoms with van der Waals surface area (Å²) in [5.74, 6) is 1.60. The van der Waals surface area contributed by atoms with Crippen molar-refractivity contribution in [2.75, 3.05) is 17.3 Å². The molecule has 0 radical (unpaired) electrons. The lowest BCUT2D eigenvalue weighted by molar-refractivity contribution is -0.0309. The average molecular weight is 448 g/mol. The van der Waals surface area contributed by atoms with E-state index in [9.17, 15) is 0 Å². The van der Waals surface area contributed by atoms with Crippen molar-refractivity contribution in [3.8, 4) is 5.75 Å². The van der Waals surface area contributed by atoms with Gasteiger partial charge in [0.25, 0.3) is 0 Å². The molecule has 0 fully saturated rings. The average Bonchev–Trinajstić information content (AvgIpc) is 3.22. The lowest BCUT2D eigenvalue weighted by Crippen LogP contribution is -2.47. The fourth-order valence-corrected chi connectivity index (χ4v) is 4.92. The molecule has 168 valence electrons. The number of methoxy groups -OCH3 is 1. The van der Waals surface area contributed by atoms with Crippen LogP contribution in [0.1, 0.15) is 29.2 Å². The Labute approximate surface area is 199 Å². The smallest absolute Gasteiger partial charge is 0.243 e. The molecule has 2 aliphatic heterocycles. The van der Waals surface area contributed by atoms with Gasteiger partial charge < -0.3 is 14.9 Å². The topological polar surface area (TPSA) is 46.1 Å². The zero-order valence-corrected chi connectivity index (χ0v) is 18.9. The van der Waals surface area contributed by atoms with Crippen LogP contribution in [-0.4, -0.2) is 12.9 Å². The van der Waals surface area contributed by atoms with Gasteiger partial charge >= 0.3 is 0 Å². The normalized spacial score (nSPS) is 20.8. The van der Waals surface area contributed by atoms with Gasteiger partial charge in [0.2, 0.25) is 5.72 Å². The molecule has 4 aromatic rings. The highest BCUT2D eigenvalue weighted by atomic mass is 16.7. The van der Waals surface area contributed by atoms with Gasteiger partial charge in [-0.15, -0.1) is 0 Å². The first-order chi connectivity index (χ1) is 16.8. The third-order valence-corrected chi connectivity index (χ3v) is 6.59. The number of rotatable bonds is 4. The summed E-state index contributed by atoms with van der Waals surface area (Å²) in [4.78, 5) is 8.74. The standard InChI is InChI=1S/C29H25N3O2/c1-33-24-18-16-23(17-19-24)29-20-26(21-10-4-2-5-11-21)30-25-14-8-9-15-27(25)32(29)28(31-34-29)22-12-6-3-7-13-22/h2-19,26,30H,20H2,1H3. The number of hydrogen-bond donors (Lipinski definition) is 1. The number of fused-ring (bicyclic) bond motifs is 3. The summed E-state index contributed by atoms with van der Waals surface area (Å²) in [6.45, 7) is 0. The van der Waals surface area contributed by atoms with Crippen LogP contribution in [0.5, 0.6) is 5.75 Å². The first kappa shape index (κ1) is 20.4. The molecule has 2 aliphatic rings. The summed E-state index contributed by atoms with van der Waals surface area (Å²) >= 11 is 0. The highest BCUT2D eigenvalue weighted by Gasteiger charge is 2.52. The predicted molar refractivity (Wildman–Crippen MR) is 135 cm³/mol. The molecule has 5 nitrogen and oxygen atoms in total. The Balaban J connectivity index is 1.57. The van der Waals surface area contributed by atoms with E-state index in [1.54, 1.807) is 7.11 Å². The maximum atomic E-state index is 6.49. The highest BCUT2D eigenvalue weighted by Crippen LogP contribution is 2.51. The molecule has 1 N–H and O–H groups in total. The second kappa shape index (κ2) is 8.27. The monoisotopic (exact) mass is 447 g/mol. The SMILES string of the molecule is COc1ccc(C23CC(c4ccccc4)Nc4ccccc4N2C(c2ccccc2)=NO3)cc1. The molecular weight excluding hydrogens is 422 g/mol. The minimum Gasteiger partial charge on any atom is -0.497 e. The maximum Gasteiger partial charge on any atom is 0.243 e. The van der Waals surface area contributed by atoms with Crippen molar-refractivity contribution < 1.29 is 9.57 Å². The predicted octanol–water partition coefficient (Wildman–Crippen LogP) is 6.30. The lowest BCUT2D eigenvalue weighted by Gasteiger charge is -2.37. The van der Waals surface area contributed by atoms with Gasteiger partial charge in [-0.3, -0.25) is 4.90 Å². The number of ether oxygens (including phenoxy) is 1. The molecule has 2 heterocycles. The van der Waals surface area contributed by atoms with Crippen LogP contribution in [0.15, 0.2) is 114 Å². The van der Waals surface area contributed by atoms with Gasteiger partial charge in [-0.05, 0) is 42.0 Å². The van der Waals surface area contributed by atoms with Crippen LogP contribution < -0.4 is 15.0 Å². The third kappa shape index (κ3) is 3.28. The largest absolute Gasteiger partial charge is 0.497 e. The van der Waals surface area contributed by atoms with Crippen molar-refractivity contribution in [1.29, 1.82) is 0 Å². The Morgan fingerprint density at radius 2 is 1.53 bits per heavy atom. The van der Waals surface area contributed by atoms with Crippen molar-refractivity contribution in [2.45, 2.75) is 18.2 Å². The third-order valence-electron chi connectivity index (χ3n) is 6.59. The van der Waals surface area contributed by atoms with Crippen molar-refractivity contribution in [3.05, 3.63) is 126 Å². The number of hydrogen-bond acceptors (Lipinski definition) is 5. The molecule has 0 amide bonds. The van der Waals surface area contributed by atoms with Crippen molar-refractivity contribution in [1.82, 2.24) is 0 Å². The number of anilines is 2. The number of amidine groups is 1. The second-order valence-corrected chi connectivity index (χ2v) is 8.55. The van der Waals surface area contributed by atoms with E-state index in [2.05, 4.69) is 83.0 Å². The molecule has 0 aliphatic carbocycles. The molecular formula is C29H25N3O2. The molecule has 0 saturated heterocycles. The minimum absolute atomic E-state index is 0.0137. The molecule has 34 heavy (non-hydrogen) atoms. The number of para-hydroxylation sites is 2. The van der Waals surface area contributed by atoms with Crippen LogP contribution in [0, 0.1) is 0 Å². The fraction of sp³-hybridized carbons (Fsp3) is 0.138. The molecule has 0 saturated carbocycles. The van der Waals surface area contributed by atoms with Gasteiger partial charge in [0, 0.05) is 17.5 Å². The van der Waals surface area contributed by atoms with Gasteiger partial charge in [-0.1, -0.05) is 78.0 Å². The summed E-state index contributed by atoms with van der Waals surface area (Å²) in [6, 6.07) is 37.2. The summed E-state index contributed by atoms with van der Waals surface area (Å²) in [7, 11) is 1.68. The zero-order valence-electron chi connectivity index (χ0n) is 18.9. The first-order valence-electron chi connectivity index (χ1n) is 11.5. The van der Waals surface area contributed by atoms with E-state index in [0.717, 1.165) is 34.1 Å². The van der Waals surface area contributed by atoms with Crippen LogP contribution in [0.25, 0.3) is 0 Å². The quantitative estimate of drug-likeness (QED) is 0.399. The summed E-state index contributed by atoms with van der Waals surface area (Å²) in [6.07, 6.45) is 0.651. The number of nitrogens with one attached hydrogen (secondary N) is 1. The zero-order chi connectivity index (χ0) is 23.0. The molecule has 0 spiro atoms.